The van der Waals surface area contributed by atoms with E-state index in [9.17, 15) is 0 Å². The predicted molar refractivity (Wildman–Crippen MR) is 143 cm³/mol. The summed E-state index contributed by atoms with van der Waals surface area (Å²) in [7, 11) is 12.8. The first kappa shape index (κ1) is 26.2. The Morgan fingerprint density at radius 1 is 0.833 bits per heavy atom. The maximum atomic E-state index is 6.67. The van der Waals surface area contributed by atoms with Crippen LogP contribution in [0.15, 0.2) is 75.8 Å². The molecule has 0 aromatic heterocycles. The van der Waals surface area contributed by atoms with Gasteiger partial charge < -0.3 is 0 Å². The Bertz CT molecular complexity index is 1290. The summed E-state index contributed by atoms with van der Waals surface area (Å²) in [5.41, 5.74) is 6.82. The molecule has 4 radical (unpaired) electrons. The molecule has 180 valence electrons. The molecular formula is C29H28BO5Sn+. The van der Waals surface area contributed by atoms with E-state index in [-0.39, 0.29) is 0 Å². The van der Waals surface area contributed by atoms with Crippen LogP contribution in [0.1, 0.15) is 22.8 Å². The van der Waals surface area contributed by atoms with Gasteiger partial charge in [-0.05, 0) is 0 Å². The van der Waals surface area contributed by atoms with Gasteiger partial charge in [-0.25, -0.2) is 0 Å². The van der Waals surface area contributed by atoms with Crippen molar-refractivity contribution in [2.75, 3.05) is 28.4 Å². The average molecular weight is 586 g/mol. The van der Waals surface area contributed by atoms with Crippen LogP contribution < -0.4 is 18.9 Å². The molecule has 3 aromatic rings. The molecule has 0 bridgehead atoms. The maximum absolute atomic E-state index is 6.67. The van der Waals surface area contributed by atoms with Crippen LogP contribution in [0.4, 0.5) is 0 Å². The van der Waals surface area contributed by atoms with E-state index in [0.717, 1.165) is 39.0 Å². The number of methoxy groups -OCH3 is 4. The normalized spacial score (nSPS) is 17.1. The van der Waals surface area contributed by atoms with Crippen molar-refractivity contribution in [1.82, 2.24) is 0 Å². The van der Waals surface area contributed by atoms with Crippen molar-refractivity contribution in [2.24, 2.45) is 0 Å². The van der Waals surface area contributed by atoms with Gasteiger partial charge in [-0.15, -0.1) is 0 Å². The average Bonchev–Trinajstić information content (AvgIpc) is 2.92. The van der Waals surface area contributed by atoms with Gasteiger partial charge in [0.2, 0.25) is 0 Å². The van der Waals surface area contributed by atoms with E-state index in [4.69, 9.17) is 31.5 Å². The molecule has 1 aliphatic rings. The quantitative estimate of drug-likeness (QED) is 0.352. The van der Waals surface area contributed by atoms with Crippen LogP contribution in [0.3, 0.4) is 0 Å². The monoisotopic (exact) mass is 587 g/mol. The van der Waals surface area contributed by atoms with Crippen LogP contribution in [0.25, 0.3) is 11.1 Å². The number of fused-ring (bicyclic) bond motifs is 3. The first-order valence-corrected chi connectivity index (χ1v) is 13.2. The van der Waals surface area contributed by atoms with E-state index >= 15 is 0 Å². The van der Waals surface area contributed by atoms with Gasteiger partial charge in [0.1, 0.15) is 0 Å². The third kappa shape index (κ3) is 4.89. The molecule has 0 saturated heterocycles. The first-order chi connectivity index (χ1) is 17.6. The molecule has 0 N–H and O–H groups in total. The zero-order chi connectivity index (χ0) is 25.7. The molecule has 5 nitrogen and oxygen atoms in total. The summed E-state index contributed by atoms with van der Waals surface area (Å²) < 4.78 is 32.1. The van der Waals surface area contributed by atoms with Crippen LogP contribution in [0.2, 0.25) is 0 Å². The van der Waals surface area contributed by atoms with Crippen LogP contribution in [-0.4, -0.2) is 58.8 Å². The summed E-state index contributed by atoms with van der Waals surface area (Å²) >= 11 is 1.25. The second kappa shape index (κ2) is 11.9. The molecule has 7 heteroatoms. The number of hydrogen-bond acceptors (Lipinski definition) is 5. The molecule has 1 aliphatic carbocycles. The number of benzene rings is 3. The molecule has 0 fully saturated rings. The van der Waals surface area contributed by atoms with Crippen LogP contribution >= 0.6 is 0 Å². The van der Waals surface area contributed by atoms with Gasteiger partial charge in [-0.1, -0.05) is 0 Å². The van der Waals surface area contributed by atoms with Gasteiger partial charge in [-0.3, -0.25) is 0 Å². The van der Waals surface area contributed by atoms with Crippen molar-refractivity contribution in [3.05, 3.63) is 92.5 Å². The zero-order valence-electron chi connectivity index (χ0n) is 21.0. The SMILES string of the molecule is [B]/C=C1/Cc2ccc(OC)c(OC)c2-c2c(ccc(OC)c2OC)[C@@H](OCc2ccccc2)/C1=[CH]/[Sn+]. The molecule has 1 atom stereocenters. The topological polar surface area (TPSA) is 46.2 Å². The third-order valence-electron chi connectivity index (χ3n) is 6.39. The van der Waals surface area contributed by atoms with Gasteiger partial charge in [0.05, 0.1) is 0 Å². The Kier molecular flexibility index (Phi) is 8.70. The molecule has 0 saturated carbocycles. The second-order valence-electron chi connectivity index (χ2n) is 8.25. The number of hydrogen-bond donors (Lipinski definition) is 0. The van der Waals surface area contributed by atoms with Gasteiger partial charge in [0.15, 0.2) is 0 Å². The van der Waals surface area contributed by atoms with Gasteiger partial charge in [-0.2, -0.15) is 0 Å². The predicted octanol–water partition coefficient (Wildman–Crippen LogP) is 5.31. The van der Waals surface area contributed by atoms with Crippen molar-refractivity contribution < 1.29 is 23.7 Å². The third-order valence-corrected chi connectivity index (χ3v) is 7.28. The van der Waals surface area contributed by atoms with Gasteiger partial charge in [0, 0.05) is 0 Å². The van der Waals surface area contributed by atoms with E-state index in [1.165, 1.54) is 22.5 Å². The molecule has 0 unspecified atom stereocenters. The Morgan fingerprint density at radius 2 is 1.47 bits per heavy atom. The van der Waals surface area contributed by atoms with Gasteiger partial charge in [0.25, 0.3) is 0 Å². The van der Waals surface area contributed by atoms with E-state index < -0.39 is 6.10 Å². The van der Waals surface area contributed by atoms with Crippen molar-refractivity contribution in [2.45, 2.75) is 19.1 Å². The molecule has 36 heavy (non-hydrogen) atoms. The number of ether oxygens (including phenoxy) is 5. The summed E-state index contributed by atoms with van der Waals surface area (Å²) in [5.74, 6) is 4.16. The van der Waals surface area contributed by atoms with Crippen molar-refractivity contribution in [3.63, 3.8) is 0 Å². The minimum absolute atomic E-state index is 0.391. The van der Waals surface area contributed by atoms with Crippen LogP contribution in [0, 0.1) is 0 Å². The molecule has 0 heterocycles. The first-order valence-electron chi connectivity index (χ1n) is 11.5. The zero-order valence-corrected chi connectivity index (χ0v) is 23.8. The number of rotatable bonds is 7. The van der Waals surface area contributed by atoms with E-state index in [1.54, 1.807) is 34.4 Å². The summed E-state index contributed by atoms with van der Waals surface area (Å²) in [6, 6.07) is 18.1. The fourth-order valence-corrected chi connectivity index (χ4v) is 5.67. The Balaban J connectivity index is 2.05. The van der Waals surface area contributed by atoms with Gasteiger partial charge >= 0.3 is 228 Å². The second-order valence-corrected chi connectivity index (χ2v) is 9.07. The molecule has 3 aromatic carbocycles. The Morgan fingerprint density at radius 3 is 2.06 bits per heavy atom. The van der Waals surface area contributed by atoms with Crippen LogP contribution in [-0.2, 0) is 17.8 Å². The Labute approximate surface area is 227 Å². The minimum atomic E-state index is -0.391. The van der Waals surface area contributed by atoms with Crippen molar-refractivity contribution in [3.8, 4) is 34.1 Å². The summed E-state index contributed by atoms with van der Waals surface area (Å²) in [6.45, 7) is 0.437. The summed E-state index contributed by atoms with van der Waals surface area (Å²) in [6.07, 6.45) is 0.204. The summed E-state index contributed by atoms with van der Waals surface area (Å²) in [5, 5.41) is 0. The summed E-state index contributed by atoms with van der Waals surface area (Å²) in [4.78, 5) is 0. The Hall–Kier alpha value is -2.84. The van der Waals surface area contributed by atoms with Crippen molar-refractivity contribution >= 4 is 30.4 Å². The standard InChI is InChI=1S/C29H28BO5.Sn/c1-18-21(16-30)15-20-11-13-23(31-2)28(33-4)25(20)26-22(12-14-24(32-3)29(26)34-5)27(18)35-17-19-9-7-6-8-10-19;/h1,6-14,16,27H,15,17H2,2-5H3;/q;+1/b18-1?,21-16-;/t27-;/m0./s1. The van der Waals surface area contributed by atoms with Crippen LogP contribution in [0.5, 0.6) is 23.0 Å². The molecule has 0 amide bonds. The molecule has 0 aliphatic heterocycles. The molecule has 0 spiro atoms. The molecule has 4 rings (SSSR count). The van der Waals surface area contributed by atoms with E-state index in [0.29, 0.717) is 36.0 Å². The fraction of sp³-hybridized carbons (Fsp3) is 0.241. The van der Waals surface area contributed by atoms with Crippen molar-refractivity contribution in [1.29, 1.82) is 0 Å². The molecular weight excluding hydrogens is 558 g/mol. The fourth-order valence-electron chi connectivity index (χ4n) is 4.71. The van der Waals surface area contributed by atoms with E-state index in [1.807, 2.05) is 36.4 Å². The van der Waals surface area contributed by atoms with E-state index in [2.05, 4.69) is 22.3 Å².